The highest BCUT2D eigenvalue weighted by atomic mass is 16.6. The number of nitro groups is 1. The van der Waals surface area contributed by atoms with Gasteiger partial charge in [0, 0.05) is 12.1 Å². The molecule has 94 valence electrons. The van der Waals surface area contributed by atoms with Gasteiger partial charge in [-0.2, -0.15) is 5.10 Å². The van der Waals surface area contributed by atoms with Crippen molar-refractivity contribution in [3.05, 3.63) is 46.3 Å². The Bertz CT molecular complexity index is 572. The zero-order chi connectivity index (χ0) is 13.3. The molecule has 0 radical (unpaired) electrons. The van der Waals surface area contributed by atoms with Crippen molar-refractivity contribution in [2.75, 3.05) is 5.73 Å². The molecule has 0 bridgehead atoms. The van der Waals surface area contributed by atoms with E-state index in [2.05, 4.69) is 5.10 Å². The van der Waals surface area contributed by atoms with Crippen LogP contribution in [0.1, 0.15) is 25.5 Å². The summed E-state index contributed by atoms with van der Waals surface area (Å²) in [5, 5.41) is 14.9. The fraction of sp³-hybridized carbons (Fsp3) is 0.250. The van der Waals surface area contributed by atoms with E-state index in [1.807, 2.05) is 13.8 Å². The molecule has 6 heteroatoms. The second-order valence-corrected chi connectivity index (χ2v) is 4.34. The molecule has 1 heterocycles. The predicted octanol–water partition coefficient (Wildman–Crippen LogP) is 2.49. The van der Waals surface area contributed by atoms with Crippen LogP contribution in [0.3, 0.4) is 0 Å². The number of benzene rings is 1. The molecule has 0 atom stereocenters. The Labute approximate surface area is 104 Å². The third-order valence-corrected chi connectivity index (χ3v) is 2.64. The quantitative estimate of drug-likeness (QED) is 0.665. The number of non-ortho nitro benzene ring substituents is 1. The molecule has 0 saturated carbocycles. The molecule has 1 aromatic heterocycles. The number of anilines is 1. The van der Waals surface area contributed by atoms with E-state index >= 15 is 0 Å². The highest BCUT2D eigenvalue weighted by Gasteiger charge is 2.11. The van der Waals surface area contributed by atoms with Crippen molar-refractivity contribution in [2.24, 2.45) is 0 Å². The number of hydrogen-bond acceptors (Lipinski definition) is 4. The van der Waals surface area contributed by atoms with Crippen LogP contribution in [0.25, 0.3) is 5.69 Å². The number of aromatic nitrogens is 2. The van der Waals surface area contributed by atoms with E-state index in [-0.39, 0.29) is 11.6 Å². The van der Waals surface area contributed by atoms with Gasteiger partial charge in [0.05, 0.1) is 28.2 Å². The molecule has 0 aliphatic rings. The summed E-state index contributed by atoms with van der Waals surface area (Å²) >= 11 is 0. The van der Waals surface area contributed by atoms with E-state index in [0.29, 0.717) is 5.69 Å². The number of nitrogens with two attached hydrogens (primary N) is 1. The summed E-state index contributed by atoms with van der Waals surface area (Å²) in [6.07, 6.45) is 1.72. The molecule has 0 amide bonds. The molecular weight excluding hydrogens is 232 g/mol. The molecule has 0 aliphatic heterocycles. The lowest BCUT2D eigenvalue weighted by Crippen LogP contribution is -1.98. The van der Waals surface area contributed by atoms with Crippen LogP contribution >= 0.6 is 0 Å². The number of nitrogen functional groups attached to an aromatic ring is 1. The summed E-state index contributed by atoms with van der Waals surface area (Å²) in [6.45, 7) is 4.03. The van der Waals surface area contributed by atoms with Gasteiger partial charge in [-0.3, -0.25) is 10.1 Å². The summed E-state index contributed by atoms with van der Waals surface area (Å²) in [5.74, 6) is 0.240. The minimum Gasteiger partial charge on any atom is -0.396 e. The van der Waals surface area contributed by atoms with Gasteiger partial charge in [0.25, 0.3) is 5.69 Å². The van der Waals surface area contributed by atoms with Gasteiger partial charge in [-0.1, -0.05) is 13.8 Å². The average Bonchev–Trinajstić information content (AvgIpc) is 2.71. The minimum atomic E-state index is -0.430. The van der Waals surface area contributed by atoms with Crippen LogP contribution in [-0.2, 0) is 0 Å². The van der Waals surface area contributed by atoms with Crippen LogP contribution in [0.4, 0.5) is 11.4 Å². The normalized spacial score (nSPS) is 10.8. The lowest BCUT2D eigenvalue weighted by molar-refractivity contribution is -0.384. The van der Waals surface area contributed by atoms with Crippen molar-refractivity contribution >= 4 is 11.4 Å². The van der Waals surface area contributed by atoms with E-state index in [9.17, 15) is 10.1 Å². The Hall–Kier alpha value is -2.37. The maximum Gasteiger partial charge on any atom is 0.269 e. The summed E-state index contributed by atoms with van der Waals surface area (Å²) in [4.78, 5) is 10.1. The monoisotopic (exact) mass is 246 g/mol. The van der Waals surface area contributed by atoms with Crippen LogP contribution in [0.5, 0.6) is 0 Å². The summed E-state index contributed by atoms with van der Waals surface area (Å²) in [7, 11) is 0. The van der Waals surface area contributed by atoms with Gasteiger partial charge < -0.3 is 5.73 Å². The van der Waals surface area contributed by atoms with Gasteiger partial charge in [0.1, 0.15) is 0 Å². The summed E-state index contributed by atoms with van der Waals surface area (Å²) in [5.41, 5.74) is 8.13. The first kappa shape index (κ1) is 12.1. The SMILES string of the molecule is CC(C)c1nn(-c2ccc([N+](=O)[O-])cc2)cc1N. The molecule has 0 spiro atoms. The van der Waals surface area contributed by atoms with Gasteiger partial charge in [0.15, 0.2) is 0 Å². The molecule has 2 N–H and O–H groups in total. The molecule has 2 aromatic rings. The Morgan fingerprint density at radius 1 is 1.33 bits per heavy atom. The molecule has 0 aliphatic carbocycles. The first-order chi connectivity index (χ1) is 8.49. The van der Waals surface area contributed by atoms with Crippen LogP contribution in [0.2, 0.25) is 0 Å². The Balaban J connectivity index is 2.37. The van der Waals surface area contributed by atoms with Crippen molar-refractivity contribution < 1.29 is 4.92 Å². The van der Waals surface area contributed by atoms with Crippen LogP contribution in [-0.4, -0.2) is 14.7 Å². The highest BCUT2D eigenvalue weighted by molar-refractivity contribution is 5.47. The smallest absolute Gasteiger partial charge is 0.269 e. The van der Waals surface area contributed by atoms with Crippen molar-refractivity contribution in [3.8, 4) is 5.69 Å². The maximum absolute atomic E-state index is 10.6. The minimum absolute atomic E-state index is 0.0583. The number of rotatable bonds is 3. The zero-order valence-corrected chi connectivity index (χ0v) is 10.2. The maximum atomic E-state index is 10.6. The first-order valence-electron chi connectivity index (χ1n) is 5.59. The van der Waals surface area contributed by atoms with E-state index in [0.717, 1.165) is 11.4 Å². The first-order valence-corrected chi connectivity index (χ1v) is 5.59. The van der Waals surface area contributed by atoms with Gasteiger partial charge in [-0.05, 0) is 18.1 Å². The van der Waals surface area contributed by atoms with Crippen molar-refractivity contribution in [1.82, 2.24) is 9.78 Å². The molecule has 6 nitrogen and oxygen atoms in total. The number of nitrogens with zero attached hydrogens (tertiary/aromatic N) is 3. The molecule has 18 heavy (non-hydrogen) atoms. The Morgan fingerprint density at radius 3 is 2.39 bits per heavy atom. The second-order valence-electron chi connectivity index (χ2n) is 4.34. The fourth-order valence-corrected chi connectivity index (χ4v) is 1.71. The van der Waals surface area contributed by atoms with Gasteiger partial charge in [-0.25, -0.2) is 4.68 Å². The molecule has 2 rings (SSSR count). The van der Waals surface area contributed by atoms with Crippen molar-refractivity contribution in [2.45, 2.75) is 19.8 Å². The predicted molar refractivity (Wildman–Crippen MR) is 68.7 cm³/mol. The van der Waals surface area contributed by atoms with Crippen LogP contribution in [0, 0.1) is 10.1 Å². The van der Waals surface area contributed by atoms with E-state index in [4.69, 9.17) is 5.73 Å². The van der Waals surface area contributed by atoms with E-state index in [1.54, 1.807) is 23.0 Å². The Morgan fingerprint density at radius 2 is 1.94 bits per heavy atom. The van der Waals surface area contributed by atoms with Crippen LogP contribution in [0.15, 0.2) is 30.5 Å². The van der Waals surface area contributed by atoms with Gasteiger partial charge >= 0.3 is 0 Å². The topological polar surface area (TPSA) is 87.0 Å². The molecule has 0 unspecified atom stereocenters. The molecule has 1 aromatic carbocycles. The Kier molecular flexibility index (Phi) is 3.01. The molecular formula is C12H14N4O2. The van der Waals surface area contributed by atoms with E-state index < -0.39 is 4.92 Å². The standard InChI is InChI=1S/C12H14N4O2/c1-8(2)12-11(13)7-15(14-12)9-3-5-10(6-4-9)16(17)18/h3-8H,13H2,1-2H3. The lowest BCUT2D eigenvalue weighted by Gasteiger charge is -2.01. The van der Waals surface area contributed by atoms with Crippen molar-refractivity contribution in [3.63, 3.8) is 0 Å². The zero-order valence-electron chi connectivity index (χ0n) is 10.2. The van der Waals surface area contributed by atoms with Crippen molar-refractivity contribution in [1.29, 1.82) is 0 Å². The summed E-state index contributed by atoms with van der Waals surface area (Å²) < 4.78 is 1.63. The third-order valence-electron chi connectivity index (χ3n) is 2.64. The van der Waals surface area contributed by atoms with E-state index in [1.165, 1.54) is 12.1 Å². The third kappa shape index (κ3) is 2.17. The van der Waals surface area contributed by atoms with Crippen LogP contribution < -0.4 is 5.73 Å². The largest absolute Gasteiger partial charge is 0.396 e. The number of nitro benzene ring substituents is 1. The molecule has 0 fully saturated rings. The molecule has 0 saturated heterocycles. The van der Waals surface area contributed by atoms with Gasteiger partial charge in [-0.15, -0.1) is 0 Å². The van der Waals surface area contributed by atoms with Gasteiger partial charge in [0.2, 0.25) is 0 Å². The highest BCUT2D eigenvalue weighted by Crippen LogP contribution is 2.22. The fourth-order valence-electron chi connectivity index (χ4n) is 1.71. The lowest BCUT2D eigenvalue weighted by atomic mass is 10.1. The summed E-state index contributed by atoms with van der Waals surface area (Å²) in [6, 6.07) is 6.19. The average molecular weight is 246 g/mol. The second kappa shape index (κ2) is 4.48. The number of hydrogen-bond donors (Lipinski definition) is 1.